The van der Waals surface area contributed by atoms with Crippen LogP contribution in [-0.2, 0) is 14.8 Å². The fourth-order valence-electron chi connectivity index (χ4n) is 4.28. The van der Waals surface area contributed by atoms with Gasteiger partial charge in [0.15, 0.2) is 0 Å². The first-order valence-electron chi connectivity index (χ1n) is 8.53. The molecule has 0 aromatic carbocycles. The number of amides is 1. The van der Waals surface area contributed by atoms with Gasteiger partial charge in [-0.15, -0.1) is 0 Å². The summed E-state index contributed by atoms with van der Waals surface area (Å²) >= 11 is 0. The minimum Gasteiger partial charge on any atom is -0.352 e. The number of rotatable bonds is 6. The van der Waals surface area contributed by atoms with E-state index >= 15 is 0 Å². The quantitative estimate of drug-likeness (QED) is 0.845. The van der Waals surface area contributed by atoms with E-state index in [1.165, 1.54) is 51.2 Å². The average molecular weight is 351 g/mol. The van der Waals surface area contributed by atoms with Crippen molar-refractivity contribution in [3.63, 3.8) is 0 Å². The maximum absolute atomic E-state index is 12.4. The molecule has 2 aliphatic carbocycles. The molecule has 4 unspecified atom stereocenters. The van der Waals surface area contributed by atoms with Gasteiger partial charge in [0.25, 0.3) is 0 Å². The molecule has 2 bridgehead atoms. The second-order valence-corrected chi connectivity index (χ2v) is 9.19. The summed E-state index contributed by atoms with van der Waals surface area (Å²) in [6.07, 6.45) is 7.89. The normalized spacial score (nSPS) is 27.4. The van der Waals surface area contributed by atoms with Gasteiger partial charge < -0.3 is 5.32 Å². The number of sulfonamides is 1. The smallest absolute Gasteiger partial charge is 0.244 e. The third-order valence-electron chi connectivity index (χ3n) is 5.53. The molecule has 0 saturated heterocycles. The number of fused-ring (bicyclic) bond motifs is 2. The summed E-state index contributed by atoms with van der Waals surface area (Å²) in [4.78, 5) is 16.2. The van der Waals surface area contributed by atoms with Gasteiger partial charge in [0.1, 0.15) is 4.90 Å². The number of aromatic nitrogens is 1. The Labute approximate surface area is 143 Å². The molecule has 132 valence electrons. The summed E-state index contributed by atoms with van der Waals surface area (Å²) in [5, 5.41) is 3.00. The molecule has 1 aromatic heterocycles. The van der Waals surface area contributed by atoms with Crippen molar-refractivity contribution in [3.8, 4) is 0 Å². The van der Waals surface area contributed by atoms with Gasteiger partial charge in [-0.3, -0.25) is 9.78 Å². The van der Waals surface area contributed by atoms with Crippen LogP contribution in [-0.4, -0.2) is 43.2 Å². The lowest BCUT2D eigenvalue weighted by Crippen LogP contribution is -2.45. The Kier molecular flexibility index (Phi) is 4.92. The number of pyridine rings is 1. The SMILES string of the molecule is CC(NC(=O)CN(C)S(=O)(=O)c1cccnc1)C1CC2CCC1C2. The average Bonchev–Trinajstić information content (AvgIpc) is 3.18. The summed E-state index contributed by atoms with van der Waals surface area (Å²) in [5.41, 5.74) is 0. The highest BCUT2D eigenvalue weighted by Gasteiger charge is 2.42. The lowest BCUT2D eigenvalue weighted by molar-refractivity contribution is -0.122. The van der Waals surface area contributed by atoms with Gasteiger partial charge in [-0.2, -0.15) is 4.31 Å². The topological polar surface area (TPSA) is 79.4 Å². The molecule has 2 saturated carbocycles. The fourth-order valence-corrected chi connectivity index (χ4v) is 5.37. The van der Waals surface area contributed by atoms with Gasteiger partial charge in [0.2, 0.25) is 15.9 Å². The first-order chi connectivity index (χ1) is 11.4. The van der Waals surface area contributed by atoms with Crippen LogP contribution < -0.4 is 5.32 Å². The zero-order chi connectivity index (χ0) is 17.3. The van der Waals surface area contributed by atoms with Crippen LogP contribution >= 0.6 is 0 Å². The number of hydrogen-bond donors (Lipinski definition) is 1. The van der Waals surface area contributed by atoms with Crippen molar-refractivity contribution in [3.05, 3.63) is 24.5 Å². The number of nitrogens with zero attached hydrogens (tertiary/aromatic N) is 2. The van der Waals surface area contributed by atoms with E-state index in [9.17, 15) is 13.2 Å². The van der Waals surface area contributed by atoms with E-state index in [-0.39, 0.29) is 23.4 Å². The molecule has 4 atom stereocenters. The van der Waals surface area contributed by atoms with Crippen LogP contribution in [0, 0.1) is 17.8 Å². The Hall–Kier alpha value is -1.47. The van der Waals surface area contributed by atoms with Crippen LogP contribution in [0.25, 0.3) is 0 Å². The van der Waals surface area contributed by atoms with E-state index in [0.29, 0.717) is 5.92 Å². The molecule has 6 nitrogen and oxygen atoms in total. The standard InChI is InChI=1S/C17H25N3O3S/c1-12(16-9-13-5-6-14(16)8-13)19-17(21)11-20(2)24(22,23)15-4-3-7-18-10-15/h3-4,7,10,12-14,16H,5-6,8-9,11H2,1-2H3,(H,19,21). The van der Waals surface area contributed by atoms with E-state index in [1.807, 2.05) is 6.92 Å². The van der Waals surface area contributed by atoms with Crippen molar-refractivity contribution in [2.45, 2.75) is 43.5 Å². The van der Waals surface area contributed by atoms with Gasteiger partial charge in [-0.1, -0.05) is 6.42 Å². The highest BCUT2D eigenvalue weighted by atomic mass is 32.2. The molecular weight excluding hydrogens is 326 g/mol. The lowest BCUT2D eigenvalue weighted by Gasteiger charge is -2.29. The van der Waals surface area contributed by atoms with E-state index in [2.05, 4.69) is 10.3 Å². The van der Waals surface area contributed by atoms with Gasteiger partial charge in [0.05, 0.1) is 6.54 Å². The van der Waals surface area contributed by atoms with Crippen molar-refractivity contribution in [2.24, 2.45) is 17.8 Å². The van der Waals surface area contributed by atoms with Crippen LogP contribution in [0.5, 0.6) is 0 Å². The van der Waals surface area contributed by atoms with Gasteiger partial charge >= 0.3 is 0 Å². The summed E-state index contributed by atoms with van der Waals surface area (Å²) in [5.74, 6) is 1.84. The van der Waals surface area contributed by atoms with Crippen LogP contribution in [0.1, 0.15) is 32.6 Å². The van der Waals surface area contributed by atoms with Crippen molar-refractivity contribution < 1.29 is 13.2 Å². The predicted molar refractivity (Wildman–Crippen MR) is 90.6 cm³/mol. The molecule has 1 N–H and O–H groups in total. The molecule has 3 rings (SSSR count). The van der Waals surface area contributed by atoms with Crippen molar-refractivity contribution in [1.82, 2.24) is 14.6 Å². The lowest BCUT2D eigenvalue weighted by atomic mass is 9.84. The minimum absolute atomic E-state index is 0.0986. The minimum atomic E-state index is -3.69. The number of carbonyl (C=O) groups is 1. The van der Waals surface area contributed by atoms with E-state index in [0.717, 1.165) is 16.1 Å². The molecular formula is C17H25N3O3S. The summed E-state index contributed by atoms with van der Waals surface area (Å²) < 4.78 is 25.9. The third-order valence-corrected chi connectivity index (χ3v) is 7.32. The van der Waals surface area contributed by atoms with E-state index < -0.39 is 10.0 Å². The van der Waals surface area contributed by atoms with Crippen LogP contribution in [0.3, 0.4) is 0 Å². The zero-order valence-corrected chi connectivity index (χ0v) is 15.0. The molecule has 2 aliphatic rings. The Morgan fingerprint density at radius 1 is 1.42 bits per heavy atom. The molecule has 0 aliphatic heterocycles. The highest BCUT2D eigenvalue weighted by Crippen LogP contribution is 2.49. The largest absolute Gasteiger partial charge is 0.352 e. The third kappa shape index (κ3) is 3.47. The number of likely N-dealkylation sites (N-methyl/N-ethyl adjacent to an activating group) is 1. The van der Waals surface area contributed by atoms with Crippen LogP contribution in [0.4, 0.5) is 0 Å². The Bertz CT molecular complexity index is 692. The first kappa shape index (κ1) is 17.4. The summed E-state index contributed by atoms with van der Waals surface area (Å²) in [6, 6.07) is 3.15. The number of carbonyl (C=O) groups excluding carboxylic acids is 1. The van der Waals surface area contributed by atoms with E-state index in [4.69, 9.17) is 0 Å². The van der Waals surface area contributed by atoms with Crippen LogP contribution in [0.2, 0.25) is 0 Å². The molecule has 0 radical (unpaired) electrons. The van der Waals surface area contributed by atoms with Gasteiger partial charge in [-0.25, -0.2) is 8.42 Å². The molecule has 2 fully saturated rings. The first-order valence-corrected chi connectivity index (χ1v) is 9.97. The van der Waals surface area contributed by atoms with Crippen molar-refractivity contribution in [2.75, 3.05) is 13.6 Å². The molecule has 1 amide bonds. The fraction of sp³-hybridized carbons (Fsp3) is 0.647. The van der Waals surface area contributed by atoms with Crippen molar-refractivity contribution >= 4 is 15.9 Å². The highest BCUT2D eigenvalue weighted by molar-refractivity contribution is 7.89. The number of hydrogen-bond acceptors (Lipinski definition) is 4. The summed E-state index contributed by atoms with van der Waals surface area (Å²) in [6.45, 7) is 1.86. The molecule has 0 spiro atoms. The van der Waals surface area contributed by atoms with E-state index in [1.54, 1.807) is 6.07 Å². The predicted octanol–water partition coefficient (Wildman–Crippen LogP) is 1.64. The maximum Gasteiger partial charge on any atom is 0.244 e. The molecule has 1 heterocycles. The monoisotopic (exact) mass is 351 g/mol. The van der Waals surface area contributed by atoms with Gasteiger partial charge in [-0.05, 0) is 56.1 Å². The van der Waals surface area contributed by atoms with Crippen molar-refractivity contribution in [1.29, 1.82) is 0 Å². The molecule has 7 heteroatoms. The van der Waals surface area contributed by atoms with Gasteiger partial charge in [0, 0.05) is 25.5 Å². The second-order valence-electron chi connectivity index (χ2n) is 7.14. The Morgan fingerprint density at radius 3 is 2.79 bits per heavy atom. The zero-order valence-electron chi connectivity index (χ0n) is 14.2. The van der Waals surface area contributed by atoms with Crippen LogP contribution in [0.15, 0.2) is 29.4 Å². The second kappa shape index (κ2) is 6.80. The Morgan fingerprint density at radius 2 is 2.21 bits per heavy atom. The summed E-state index contributed by atoms with van der Waals surface area (Å²) in [7, 11) is -2.27. The maximum atomic E-state index is 12.4. The molecule has 24 heavy (non-hydrogen) atoms. The molecule has 1 aromatic rings. The number of nitrogens with one attached hydrogen (secondary N) is 1. The Balaban J connectivity index is 1.56.